The standard InChI is InChI=1S/C24H27N3O3S/c1-29-20-11-12-21(23(14-20)30-2)22-16-31-24(26-18-8-4-3-5-9-18)27(22)25-15-17-7-6-10-19(28)13-17/h6-7,10-16,18,28H,3-5,8-9H2,1-2H3. The van der Waals surface area contributed by atoms with Gasteiger partial charge in [0.05, 0.1) is 32.2 Å². The minimum absolute atomic E-state index is 0.212. The summed E-state index contributed by atoms with van der Waals surface area (Å²) >= 11 is 1.58. The Kier molecular flexibility index (Phi) is 6.72. The highest BCUT2D eigenvalue weighted by molar-refractivity contribution is 7.07. The Morgan fingerprint density at radius 1 is 1.06 bits per heavy atom. The molecule has 1 fully saturated rings. The highest BCUT2D eigenvalue weighted by Crippen LogP contribution is 2.33. The molecule has 2 aromatic carbocycles. The number of thiazole rings is 1. The average Bonchev–Trinajstić information content (AvgIpc) is 3.20. The van der Waals surface area contributed by atoms with E-state index in [1.807, 2.05) is 28.9 Å². The second-order valence-corrected chi connectivity index (χ2v) is 8.38. The number of benzene rings is 2. The van der Waals surface area contributed by atoms with E-state index >= 15 is 0 Å². The molecule has 1 heterocycles. The molecule has 31 heavy (non-hydrogen) atoms. The zero-order chi connectivity index (χ0) is 21.6. The lowest BCUT2D eigenvalue weighted by molar-refractivity contribution is 0.395. The molecular weight excluding hydrogens is 410 g/mol. The Bertz CT molecular complexity index is 1130. The molecule has 0 radical (unpaired) electrons. The van der Waals surface area contributed by atoms with Crippen molar-refractivity contribution in [3.05, 3.63) is 58.2 Å². The second-order valence-electron chi connectivity index (χ2n) is 7.54. The molecule has 7 heteroatoms. The number of hydrogen-bond donors (Lipinski definition) is 1. The van der Waals surface area contributed by atoms with E-state index < -0.39 is 0 Å². The molecule has 6 nitrogen and oxygen atoms in total. The number of ether oxygens (including phenoxy) is 2. The third kappa shape index (κ3) is 4.99. The first-order chi connectivity index (χ1) is 15.2. The van der Waals surface area contributed by atoms with Crippen molar-refractivity contribution in [2.45, 2.75) is 38.1 Å². The molecule has 1 N–H and O–H groups in total. The van der Waals surface area contributed by atoms with Crippen LogP contribution in [0.15, 0.2) is 57.9 Å². The van der Waals surface area contributed by atoms with E-state index in [9.17, 15) is 5.11 Å². The van der Waals surface area contributed by atoms with Crippen molar-refractivity contribution in [2.24, 2.45) is 10.1 Å². The Morgan fingerprint density at radius 2 is 1.90 bits per heavy atom. The van der Waals surface area contributed by atoms with E-state index in [4.69, 9.17) is 19.6 Å². The number of rotatable bonds is 6. The summed E-state index contributed by atoms with van der Waals surface area (Å²) in [7, 11) is 3.29. The van der Waals surface area contributed by atoms with E-state index in [1.54, 1.807) is 50.0 Å². The van der Waals surface area contributed by atoms with Crippen molar-refractivity contribution in [3.8, 4) is 28.5 Å². The molecule has 1 aromatic heterocycles. The lowest BCUT2D eigenvalue weighted by atomic mass is 9.96. The van der Waals surface area contributed by atoms with Crippen LogP contribution >= 0.6 is 11.3 Å². The minimum Gasteiger partial charge on any atom is -0.508 e. The van der Waals surface area contributed by atoms with Crippen molar-refractivity contribution < 1.29 is 14.6 Å². The van der Waals surface area contributed by atoms with Crippen molar-refractivity contribution in [1.82, 2.24) is 4.68 Å². The molecule has 1 aliphatic carbocycles. The van der Waals surface area contributed by atoms with Crippen molar-refractivity contribution in [1.29, 1.82) is 0 Å². The van der Waals surface area contributed by atoms with E-state index in [0.717, 1.165) is 40.2 Å². The van der Waals surface area contributed by atoms with Crippen LogP contribution in [0.1, 0.15) is 37.7 Å². The quantitative estimate of drug-likeness (QED) is 0.549. The summed E-state index contributed by atoms with van der Waals surface area (Å²) < 4.78 is 12.8. The van der Waals surface area contributed by atoms with Crippen LogP contribution < -0.4 is 14.3 Å². The molecule has 162 valence electrons. The lowest BCUT2D eigenvalue weighted by Crippen LogP contribution is -2.19. The summed E-state index contributed by atoms with van der Waals surface area (Å²) in [6.07, 6.45) is 7.73. The first-order valence-corrected chi connectivity index (χ1v) is 11.4. The fourth-order valence-corrected chi connectivity index (χ4v) is 4.69. The summed E-state index contributed by atoms with van der Waals surface area (Å²) in [4.78, 5) is 5.89. The normalized spacial score (nSPS) is 15.5. The molecule has 0 saturated heterocycles. The molecule has 0 bridgehead atoms. The number of hydrogen-bond acceptors (Lipinski definition) is 6. The summed E-state index contributed by atoms with van der Waals surface area (Å²) in [6, 6.07) is 13.1. The SMILES string of the molecule is COc1ccc(-c2csc(=NC3CCCCC3)n2N=Cc2cccc(O)c2)c(OC)c1. The van der Waals surface area contributed by atoms with Gasteiger partial charge in [0.25, 0.3) is 0 Å². The molecule has 1 saturated carbocycles. The van der Waals surface area contributed by atoms with E-state index in [2.05, 4.69) is 5.38 Å². The molecule has 0 aliphatic heterocycles. The molecule has 0 unspecified atom stereocenters. The monoisotopic (exact) mass is 437 g/mol. The van der Waals surface area contributed by atoms with Crippen molar-refractivity contribution in [2.75, 3.05) is 14.2 Å². The van der Waals surface area contributed by atoms with Gasteiger partial charge in [0, 0.05) is 17.0 Å². The predicted molar refractivity (Wildman–Crippen MR) is 124 cm³/mol. The summed E-state index contributed by atoms with van der Waals surface area (Å²) in [6.45, 7) is 0. The van der Waals surface area contributed by atoms with Gasteiger partial charge in [-0.05, 0) is 42.7 Å². The fourth-order valence-electron chi connectivity index (χ4n) is 3.79. The molecule has 1 aliphatic rings. The molecule has 0 spiro atoms. The number of phenolic OH excluding ortho intramolecular Hbond substituents is 1. The Balaban J connectivity index is 1.81. The number of methoxy groups -OCH3 is 2. The van der Waals surface area contributed by atoms with Gasteiger partial charge in [-0.25, -0.2) is 4.68 Å². The second kappa shape index (κ2) is 9.83. The van der Waals surface area contributed by atoms with Gasteiger partial charge in [0.2, 0.25) is 4.80 Å². The summed E-state index contributed by atoms with van der Waals surface area (Å²) in [5.41, 5.74) is 2.63. The number of aromatic hydroxyl groups is 1. The zero-order valence-electron chi connectivity index (χ0n) is 17.8. The number of phenols is 1. The van der Waals surface area contributed by atoms with Crippen LogP contribution in [0.2, 0.25) is 0 Å². The maximum atomic E-state index is 9.78. The topological polar surface area (TPSA) is 68.3 Å². The van der Waals surface area contributed by atoms with Crippen molar-refractivity contribution >= 4 is 17.6 Å². The first-order valence-electron chi connectivity index (χ1n) is 10.5. The third-order valence-corrected chi connectivity index (χ3v) is 6.26. The molecule has 0 amide bonds. The van der Waals surface area contributed by atoms with Crippen LogP contribution in [-0.2, 0) is 0 Å². The van der Waals surface area contributed by atoms with Gasteiger partial charge in [0.15, 0.2) is 0 Å². The van der Waals surface area contributed by atoms with Gasteiger partial charge >= 0.3 is 0 Å². The molecular formula is C24H27N3O3S. The third-order valence-electron chi connectivity index (χ3n) is 5.43. The predicted octanol–water partition coefficient (Wildman–Crippen LogP) is 5.06. The van der Waals surface area contributed by atoms with Crippen LogP contribution in [-0.4, -0.2) is 36.3 Å². The van der Waals surface area contributed by atoms with Gasteiger partial charge in [0.1, 0.15) is 17.2 Å². The van der Waals surface area contributed by atoms with Crippen LogP contribution in [0.3, 0.4) is 0 Å². The number of aromatic nitrogens is 1. The van der Waals surface area contributed by atoms with Gasteiger partial charge in [-0.2, -0.15) is 5.10 Å². The van der Waals surface area contributed by atoms with Gasteiger partial charge < -0.3 is 14.6 Å². The van der Waals surface area contributed by atoms with Crippen molar-refractivity contribution in [3.63, 3.8) is 0 Å². The Labute approximate surface area is 186 Å². The van der Waals surface area contributed by atoms with Gasteiger partial charge in [-0.3, -0.25) is 4.99 Å². The Hall–Kier alpha value is -3.06. The fraction of sp³-hybridized carbons (Fsp3) is 0.333. The van der Waals surface area contributed by atoms with Crippen LogP contribution in [0, 0.1) is 0 Å². The van der Waals surface area contributed by atoms with E-state index in [1.165, 1.54) is 19.3 Å². The first kappa shape index (κ1) is 21.2. The maximum Gasteiger partial charge on any atom is 0.206 e. The van der Waals surface area contributed by atoms with Crippen LogP contribution in [0.5, 0.6) is 17.2 Å². The minimum atomic E-state index is 0.212. The lowest BCUT2D eigenvalue weighted by Gasteiger charge is -2.17. The zero-order valence-corrected chi connectivity index (χ0v) is 18.6. The summed E-state index contributed by atoms with van der Waals surface area (Å²) in [5.74, 6) is 1.66. The molecule has 3 aromatic rings. The highest BCUT2D eigenvalue weighted by atomic mass is 32.1. The maximum absolute atomic E-state index is 9.78. The van der Waals surface area contributed by atoms with Crippen LogP contribution in [0.25, 0.3) is 11.3 Å². The van der Waals surface area contributed by atoms with Crippen LogP contribution in [0.4, 0.5) is 0 Å². The van der Waals surface area contributed by atoms with E-state index in [-0.39, 0.29) is 5.75 Å². The highest BCUT2D eigenvalue weighted by Gasteiger charge is 2.16. The Morgan fingerprint density at radius 3 is 2.65 bits per heavy atom. The molecule has 0 atom stereocenters. The smallest absolute Gasteiger partial charge is 0.206 e. The average molecular weight is 438 g/mol. The van der Waals surface area contributed by atoms with E-state index in [0.29, 0.717) is 11.8 Å². The van der Waals surface area contributed by atoms with Gasteiger partial charge in [-0.15, -0.1) is 11.3 Å². The molecule has 4 rings (SSSR count). The largest absolute Gasteiger partial charge is 0.508 e. The number of nitrogens with zero attached hydrogens (tertiary/aromatic N) is 3. The van der Waals surface area contributed by atoms with Gasteiger partial charge in [-0.1, -0.05) is 31.4 Å². The summed E-state index contributed by atoms with van der Waals surface area (Å²) in [5, 5.41) is 16.6.